The van der Waals surface area contributed by atoms with E-state index in [1.54, 1.807) is 6.07 Å². The van der Waals surface area contributed by atoms with E-state index in [1.165, 1.54) is 23.3 Å². The number of hydrogen-bond donors (Lipinski definition) is 2. The molecule has 2 aromatic carbocycles. The first-order chi connectivity index (χ1) is 10.2. The minimum atomic E-state index is -0.263. The van der Waals surface area contributed by atoms with Crippen LogP contribution in [0.2, 0.25) is 0 Å². The summed E-state index contributed by atoms with van der Waals surface area (Å²) in [5, 5.41) is 3.32. The molecule has 2 N–H and O–H groups in total. The molecule has 0 spiro atoms. The van der Waals surface area contributed by atoms with E-state index in [2.05, 4.69) is 53.4 Å². The molecule has 0 bridgehead atoms. The number of hydrogen-bond acceptors (Lipinski definition) is 2. The first kappa shape index (κ1) is 13.6. The van der Waals surface area contributed by atoms with Crippen LogP contribution in [-0.2, 0) is 6.42 Å². The molecule has 3 rings (SSSR count). The average molecular weight is 283 g/mol. The van der Waals surface area contributed by atoms with Gasteiger partial charge >= 0.3 is 0 Å². The highest BCUT2D eigenvalue weighted by molar-refractivity contribution is 5.77. The maximum absolute atomic E-state index is 13.2. The quantitative estimate of drug-likeness (QED) is 0.743. The minimum absolute atomic E-state index is 0.126. The number of rotatable bonds is 4. The molecule has 1 unspecified atom stereocenters. The molecule has 21 heavy (non-hydrogen) atoms. The number of imidazole rings is 1. The second kappa shape index (κ2) is 5.56. The number of aromatic amines is 1. The highest BCUT2D eigenvalue weighted by Gasteiger charge is 2.09. The number of anilines is 1. The number of fused-ring (bicyclic) bond motifs is 1. The molecule has 0 saturated heterocycles. The smallest absolute Gasteiger partial charge is 0.201 e. The Balaban J connectivity index is 1.79. The Morgan fingerprint density at radius 1 is 1.19 bits per heavy atom. The van der Waals surface area contributed by atoms with E-state index in [9.17, 15) is 4.39 Å². The van der Waals surface area contributed by atoms with Crippen LogP contribution >= 0.6 is 0 Å². The third kappa shape index (κ3) is 2.89. The van der Waals surface area contributed by atoms with E-state index < -0.39 is 0 Å². The lowest BCUT2D eigenvalue weighted by molar-refractivity contribution is 0.629. The van der Waals surface area contributed by atoms with Crippen molar-refractivity contribution in [3.8, 4) is 0 Å². The number of H-pyrrole nitrogens is 1. The Kier molecular flexibility index (Phi) is 3.60. The highest BCUT2D eigenvalue weighted by Crippen LogP contribution is 2.21. The number of nitrogens with one attached hydrogen (secondary N) is 2. The molecule has 0 saturated carbocycles. The van der Waals surface area contributed by atoms with Crippen LogP contribution in [0.4, 0.5) is 10.3 Å². The van der Waals surface area contributed by atoms with Gasteiger partial charge in [-0.1, -0.05) is 31.2 Å². The van der Waals surface area contributed by atoms with Gasteiger partial charge in [-0.3, -0.25) is 0 Å². The normalized spacial score (nSPS) is 12.5. The van der Waals surface area contributed by atoms with Crippen molar-refractivity contribution in [1.29, 1.82) is 0 Å². The molecule has 0 radical (unpaired) electrons. The second-order valence-electron chi connectivity index (χ2n) is 5.21. The van der Waals surface area contributed by atoms with Gasteiger partial charge in [0.15, 0.2) is 0 Å². The van der Waals surface area contributed by atoms with Crippen molar-refractivity contribution in [2.45, 2.75) is 26.3 Å². The van der Waals surface area contributed by atoms with Crippen LogP contribution in [0.1, 0.15) is 31.0 Å². The van der Waals surface area contributed by atoms with Gasteiger partial charge < -0.3 is 10.3 Å². The van der Waals surface area contributed by atoms with Gasteiger partial charge in [0.2, 0.25) is 5.95 Å². The molecule has 3 aromatic rings. The van der Waals surface area contributed by atoms with E-state index >= 15 is 0 Å². The van der Waals surface area contributed by atoms with Crippen molar-refractivity contribution in [2.24, 2.45) is 0 Å². The van der Waals surface area contributed by atoms with Crippen LogP contribution in [-0.4, -0.2) is 9.97 Å². The molecule has 0 amide bonds. The molecular formula is C17H18FN3. The molecular weight excluding hydrogens is 265 g/mol. The number of aromatic nitrogens is 2. The predicted octanol–water partition coefficient (Wildman–Crippen LogP) is 4.44. The zero-order valence-corrected chi connectivity index (χ0v) is 12.2. The van der Waals surface area contributed by atoms with E-state index in [0.717, 1.165) is 11.9 Å². The molecule has 1 atom stereocenters. The maximum atomic E-state index is 13.2. The van der Waals surface area contributed by atoms with Gasteiger partial charge in [-0.05, 0) is 42.7 Å². The fourth-order valence-electron chi connectivity index (χ4n) is 2.38. The Morgan fingerprint density at radius 3 is 2.67 bits per heavy atom. The van der Waals surface area contributed by atoms with E-state index in [-0.39, 0.29) is 11.9 Å². The van der Waals surface area contributed by atoms with Crippen LogP contribution in [0.3, 0.4) is 0 Å². The lowest BCUT2D eigenvalue weighted by Crippen LogP contribution is -2.07. The van der Waals surface area contributed by atoms with Gasteiger partial charge in [0.05, 0.1) is 17.1 Å². The van der Waals surface area contributed by atoms with E-state index in [4.69, 9.17) is 0 Å². The standard InChI is InChI=1S/C17H18FN3/c1-3-12-4-6-13(7-5-12)11(2)19-17-20-15-9-8-14(18)10-16(15)21-17/h4-11H,3H2,1-2H3,(H2,19,20,21). The SMILES string of the molecule is CCc1ccc(C(C)Nc2nc3ccc(F)cc3[nH]2)cc1. The van der Waals surface area contributed by atoms with Crippen molar-refractivity contribution in [3.63, 3.8) is 0 Å². The van der Waals surface area contributed by atoms with Gasteiger partial charge in [0.1, 0.15) is 5.82 Å². The monoisotopic (exact) mass is 283 g/mol. The third-order valence-electron chi connectivity index (χ3n) is 3.69. The van der Waals surface area contributed by atoms with E-state index in [1.807, 2.05) is 0 Å². The summed E-state index contributed by atoms with van der Waals surface area (Å²) < 4.78 is 13.2. The van der Waals surface area contributed by atoms with Crippen molar-refractivity contribution in [2.75, 3.05) is 5.32 Å². The fraction of sp³-hybridized carbons (Fsp3) is 0.235. The summed E-state index contributed by atoms with van der Waals surface area (Å²) in [6, 6.07) is 13.2. The fourth-order valence-corrected chi connectivity index (χ4v) is 2.38. The topological polar surface area (TPSA) is 40.7 Å². The molecule has 0 aliphatic rings. The van der Waals surface area contributed by atoms with Crippen molar-refractivity contribution in [3.05, 3.63) is 59.4 Å². The van der Waals surface area contributed by atoms with Crippen molar-refractivity contribution >= 4 is 17.0 Å². The minimum Gasteiger partial charge on any atom is -0.349 e. The summed E-state index contributed by atoms with van der Waals surface area (Å²) in [5.74, 6) is 0.392. The summed E-state index contributed by atoms with van der Waals surface area (Å²) >= 11 is 0. The summed E-state index contributed by atoms with van der Waals surface area (Å²) in [6.45, 7) is 4.22. The molecule has 108 valence electrons. The van der Waals surface area contributed by atoms with Crippen LogP contribution < -0.4 is 5.32 Å². The Hall–Kier alpha value is -2.36. The Morgan fingerprint density at radius 2 is 1.95 bits per heavy atom. The van der Waals surface area contributed by atoms with Gasteiger partial charge in [-0.25, -0.2) is 9.37 Å². The highest BCUT2D eigenvalue weighted by atomic mass is 19.1. The zero-order valence-electron chi connectivity index (χ0n) is 12.2. The lowest BCUT2D eigenvalue weighted by Gasteiger charge is -2.13. The molecule has 3 nitrogen and oxygen atoms in total. The van der Waals surface area contributed by atoms with Crippen molar-refractivity contribution in [1.82, 2.24) is 9.97 Å². The molecule has 1 aromatic heterocycles. The third-order valence-corrected chi connectivity index (χ3v) is 3.69. The average Bonchev–Trinajstić information content (AvgIpc) is 2.88. The van der Waals surface area contributed by atoms with Gasteiger partial charge in [-0.2, -0.15) is 0 Å². The number of halogens is 1. The summed E-state index contributed by atoms with van der Waals surface area (Å²) in [5.41, 5.74) is 3.97. The van der Waals surface area contributed by atoms with Gasteiger partial charge in [0, 0.05) is 0 Å². The molecule has 0 fully saturated rings. The first-order valence-electron chi connectivity index (χ1n) is 7.16. The van der Waals surface area contributed by atoms with E-state index in [0.29, 0.717) is 11.5 Å². The largest absolute Gasteiger partial charge is 0.349 e. The summed E-state index contributed by atoms with van der Waals surface area (Å²) in [4.78, 5) is 7.52. The van der Waals surface area contributed by atoms with Crippen LogP contribution in [0.5, 0.6) is 0 Å². The number of nitrogens with zero attached hydrogens (tertiary/aromatic N) is 1. The summed E-state index contributed by atoms with van der Waals surface area (Å²) in [6.07, 6.45) is 1.04. The molecule has 4 heteroatoms. The Labute approximate surface area is 123 Å². The maximum Gasteiger partial charge on any atom is 0.201 e. The summed E-state index contributed by atoms with van der Waals surface area (Å²) in [7, 11) is 0. The van der Waals surface area contributed by atoms with Crippen LogP contribution in [0.25, 0.3) is 11.0 Å². The second-order valence-corrected chi connectivity index (χ2v) is 5.21. The first-order valence-corrected chi connectivity index (χ1v) is 7.16. The van der Waals surface area contributed by atoms with Crippen LogP contribution in [0.15, 0.2) is 42.5 Å². The molecule has 0 aliphatic heterocycles. The van der Waals surface area contributed by atoms with Crippen molar-refractivity contribution < 1.29 is 4.39 Å². The predicted molar refractivity (Wildman–Crippen MR) is 83.9 cm³/mol. The van der Waals surface area contributed by atoms with Crippen LogP contribution in [0, 0.1) is 5.82 Å². The number of benzene rings is 2. The molecule has 0 aliphatic carbocycles. The molecule has 1 heterocycles. The Bertz CT molecular complexity index is 746. The lowest BCUT2D eigenvalue weighted by atomic mass is 10.1. The van der Waals surface area contributed by atoms with Gasteiger partial charge in [0.25, 0.3) is 0 Å². The zero-order chi connectivity index (χ0) is 14.8. The van der Waals surface area contributed by atoms with Gasteiger partial charge in [-0.15, -0.1) is 0 Å². The number of aryl methyl sites for hydroxylation is 1.